The summed E-state index contributed by atoms with van der Waals surface area (Å²) in [5.74, 6) is 5.71. The maximum Gasteiger partial charge on any atom is 0.367 e. The zero-order valence-electron chi connectivity index (χ0n) is 9.58. The normalized spacial score (nSPS) is 10.7. The fraction of sp³-hybridized carbons (Fsp3) is 0. The van der Waals surface area contributed by atoms with Gasteiger partial charge in [-0.2, -0.15) is 4.98 Å². The van der Waals surface area contributed by atoms with Crippen molar-refractivity contribution in [2.45, 2.75) is 0 Å². The predicted molar refractivity (Wildman–Crippen MR) is 71.6 cm³/mol. The van der Waals surface area contributed by atoms with Gasteiger partial charge < -0.3 is 5.84 Å². The van der Waals surface area contributed by atoms with Crippen LogP contribution in [0.3, 0.4) is 0 Å². The molecule has 0 aliphatic heterocycles. The van der Waals surface area contributed by atoms with Gasteiger partial charge in [-0.05, 0) is 6.07 Å². The molecule has 4 heteroatoms. The Kier molecular flexibility index (Phi) is 2.34. The van der Waals surface area contributed by atoms with Crippen LogP contribution in [0.4, 0.5) is 0 Å². The molecule has 4 nitrogen and oxygen atoms in total. The monoisotopic (exact) mass is 237 g/mol. The Balaban J connectivity index is 2.44. The van der Waals surface area contributed by atoms with Crippen molar-refractivity contribution in [1.29, 1.82) is 0 Å². The minimum atomic E-state index is -0.451. The van der Waals surface area contributed by atoms with Crippen molar-refractivity contribution in [3.05, 3.63) is 65.1 Å². The van der Waals surface area contributed by atoms with Gasteiger partial charge in [0.2, 0.25) is 0 Å². The summed E-state index contributed by atoms with van der Waals surface area (Å²) in [6.07, 6.45) is 0. The van der Waals surface area contributed by atoms with Crippen LogP contribution in [0, 0.1) is 0 Å². The van der Waals surface area contributed by atoms with Gasteiger partial charge in [-0.3, -0.25) is 0 Å². The maximum absolute atomic E-state index is 11.8. The average molecular weight is 237 g/mol. The molecule has 0 fully saturated rings. The van der Waals surface area contributed by atoms with Crippen LogP contribution in [0.2, 0.25) is 0 Å². The lowest BCUT2D eigenvalue weighted by molar-refractivity contribution is 0.920. The van der Waals surface area contributed by atoms with Crippen molar-refractivity contribution in [2.24, 2.45) is 0 Å². The van der Waals surface area contributed by atoms with E-state index < -0.39 is 5.69 Å². The Morgan fingerprint density at radius 2 is 1.61 bits per heavy atom. The highest BCUT2D eigenvalue weighted by Gasteiger charge is 2.09. The molecule has 0 aliphatic rings. The second-order valence-electron chi connectivity index (χ2n) is 4.00. The predicted octanol–water partition coefficient (Wildman–Crippen LogP) is 1.78. The number of nitrogen functional groups attached to an aromatic ring is 1. The van der Waals surface area contributed by atoms with Gasteiger partial charge in [-0.25, -0.2) is 9.47 Å². The van der Waals surface area contributed by atoms with Crippen molar-refractivity contribution in [1.82, 2.24) is 9.66 Å². The van der Waals surface area contributed by atoms with Gasteiger partial charge in [0.15, 0.2) is 0 Å². The second-order valence-corrected chi connectivity index (χ2v) is 4.00. The molecule has 0 saturated heterocycles. The van der Waals surface area contributed by atoms with E-state index in [1.54, 1.807) is 0 Å². The lowest BCUT2D eigenvalue weighted by Crippen LogP contribution is -2.30. The van der Waals surface area contributed by atoms with E-state index in [1.807, 2.05) is 54.6 Å². The molecular formula is C14H11N3O. The molecule has 0 aliphatic carbocycles. The summed E-state index contributed by atoms with van der Waals surface area (Å²) in [6.45, 7) is 0. The standard InChI is InChI=1S/C14H11N3O/c15-17-12-9-5-4-8-11(12)13(16-14(17)18)10-6-2-1-3-7-10/h1-9H,15H2. The van der Waals surface area contributed by atoms with Crippen LogP contribution in [0.25, 0.3) is 22.2 Å². The van der Waals surface area contributed by atoms with Crippen LogP contribution in [-0.2, 0) is 0 Å². The second kappa shape index (κ2) is 4.00. The first-order chi connectivity index (χ1) is 8.77. The van der Waals surface area contributed by atoms with E-state index in [9.17, 15) is 4.79 Å². The van der Waals surface area contributed by atoms with Crippen molar-refractivity contribution < 1.29 is 0 Å². The van der Waals surface area contributed by atoms with Gasteiger partial charge in [0.05, 0.1) is 11.2 Å². The van der Waals surface area contributed by atoms with Crippen LogP contribution >= 0.6 is 0 Å². The lowest BCUT2D eigenvalue weighted by atomic mass is 10.1. The number of para-hydroxylation sites is 1. The molecule has 0 bridgehead atoms. The topological polar surface area (TPSA) is 60.9 Å². The van der Waals surface area contributed by atoms with E-state index in [0.717, 1.165) is 15.6 Å². The highest BCUT2D eigenvalue weighted by Crippen LogP contribution is 2.23. The van der Waals surface area contributed by atoms with Crippen molar-refractivity contribution in [3.8, 4) is 11.3 Å². The number of nitrogens with zero attached hydrogens (tertiary/aromatic N) is 2. The summed E-state index contributed by atoms with van der Waals surface area (Å²) in [6, 6.07) is 17.1. The van der Waals surface area contributed by atoms with Crippen molar-refractivity contribution in [3.63, 3.8) is 0 Å². The quantitative estimate of drug-likeness (QED) is 0.656. The molecule has 2 N–H and O–H groups in total. The number of hydrogen-bond donors (Lipinski definition) is 1. The van der Waals surface area contributed by atoms with Gasteiger partial charge >= 0.3 is 5.69 Å². The number of nitrogens with two attached hydrogens (primary N) is 1. The minimum Gasteiger partial charge on any atom is -0.335 e. The third kappa shape index (κ3) is 1.55. The smallest absolute Gasteiger partial charge is 0.335 e. The molecule has 3 rings (SSSR count). The summed E-state index contributed by atoms with van der Waals surface area (Å²) < 4.78 is 1.07. The van der Waals surface area contributed by atoms with Gasteiger partial charge in [-0.1, -0.05) is 48.5 Å². The minimum absolute atomic E-state index is 0.451. The first kappa shape index (κ1) is 10.5. The first-order valence-electron chi connectivity index (χ1n) is 5.59. The van der Waals surface area contributed by atoms with E-state index in [1.165, 1.54) is 0 Å². The Morgan fingerprint density at radius 3 is 2.39 bits per heavy atom. The number of benzene rings is 2. The Bertz CT molecular complexity index is 763. The van der Waals surface area contributed by atoms with Crippen LogP contribution in [-0.4, -0.2) is 9.66 Å². The van der Waals surface area contributed by atoms with Gasteiger partial charge in [0.1, 0.15) is 0 Å². The van der Waals surface area contributed by atoms with E-state index in [0.29, 0.717) is 11.2 Å². The summed E-state index contributed by atoms with van der Waals surface area (Å²) in [5, 5.41) is 0.866. The van der Waals surface area contributed by atoms with Crippen LogP contribution in [0.15, 0.2) is 59.4 Å². The largest absolute Gasteiger partial charge is 0.367 e. The molecule has 1 heterocycles. The molecule has 0 atom stereocenters. The fourth-order valence-electron chi connectivity index (χ4n) is 2.01. The Labute approximate surface area is 103 Å². The van der Waals surface area contributed by atoms with E-state index in [-0.39, 0.29) is 0 Å². The zero-order chi connectivity index (χ0) is 12.5. The van der Waals surface area contributed by atoms with Crippen LogP contribution in [0.5, 0.6) is 0 Å². The molecule has 2 aromatic carbocycles. The Hall–Kier alpha value is -2.62. The third-order valence-electron chi connectivity index (χ3n) is 2.88. The summed E-state index contributed by atoms with van der Waals surface area (Å²) >= 11 is 0. The molecule has 0 saturated carbocycles. The molecule has 1 aromatic heterocycles. The third-order valence-corrected chi connectivity index (χ3v) is 2.88. The fourth-order valence-corrected chi connectivity index (χ4v) is 2.01. The maximum atomic E-state index is 11.8. The number of fused-ring (bicyclic) bond motifs is 1. The van der Waals surface area contributed by atoms with Crippen LogP contribution in [0.1, 0.15) is 0 Å². The molecule has 3 aromatic rings. The van der Waals surface area contributed by atoms with E-state index in [2.05, 4.69) is 4.98 Å². The molecule has 0 unspecified atom stereocenters. The molecule has 0 spiro atoms. The van der Waals surface area contributed by atoms with Gasteiger partial charge in [0.25, 0.3) is 0 Å². The summed E-state index contributed by atoms with van der Waals surface area (Å²) in [4.78, 5) is 15.8. The van der Waals surface area contributed by atoms with Gasteiger partial charge in [0, 0.05) is 10.9 Å². The van der Waals surface area contributed by atoms with Gasteiger partial charge in [-0.15, -0.1) is 0 Å². The molecule has 0 amide bonds. The number of rotatable bonds is 1. The molecule has 0 radical (unpaired) electrons. The van der Waals surface area contributed by atoms with Crippen molar-refractivity contribution in [2.75, 3.05) is 5.84 Å². The SMILES string of the molecule is Nn1c(=O)nc(-c2ccccc2)c2ccccc21. The summed E-state index contributed by atoms with van der Waals surface area (Å²) in [7, 11) is 0. The molecular weight excluding hydrogens is 226 g/mol. The van der Waals surface area contributed by atoms with Crippen molar-refractivity contribution >= 4 is 10.9 Å². The van der Waals surface area contributed by atoms with E-state index >= 15 is 0 Å². The number of hydrogen-bond acceptors (Lipinski definition) is 3. The number of aromatic nitrogens is 2. The molecule has 88 valence electrons. The highest BCUT2D eigenvalue weighted by atomic mass is 16.1. The highest BCUT2D eigenvalue weighted by molar-refractivity contribution is 5.92. The zero-order valence-corrected chi connectivity index (χ0v) is 9.58. The first-order valence-corrected chi connectivity index (χ1v) is 5.59. The summed E-state index contributed by atoms with van der Waals surface area (Å²) in [5.41, 5.74) is 1.80. The lowest BCUT2D eigenvalue weighted by Gasteiger charge is -2.08. The Morgan fingerprint density at radius 1 is 0.944 bits per heavy atom. The van der Waals surface area contributed by atoms with Crippen LogP contribution < -0.4 is 11.5 Å². The molecule has 18 heavy (non-hydrogen) atoms. The van der Waals surface area contributed by atoms with E-state index in [4.69, 9.17) is 5.84 Å². The average Bonchev–Trinajstić information content (AvgIpc) is 2.44.